The smallest absolute Gasteiger partial charge is 0.339 e. The Hall–Kier alpha value is -2.56. The first kappa shape index (κ1) is 18.2. The lowest BCUT2D eigenvalue weighted by atomic mass is 9.88. The van der Waals surface area contributed by atoms with E-state index in [2.05, 4.69) is 17.4 Å². The van der Waals surface area contributed by atoms with Crippen molar-refractivity contribution in [1.82, 2.24) is 9.88 Å². The SMILES string of the molecule is CCOC(=O)c1cc(C)n(CC(=O)N[C@@H]2CCCc3ccccc32)c1C. The molecule has 1 atom stereocenters. The fourth-order valence-electron chi connectivity index (χ4n) is 3.75. The van der Waals surface area contributed by atoms with Gasteiger partial charge in [-0.05, 0) is 57.2 Å². The van der Waals surface area contributed by atoms with Crippen molar-refractivity contribution < 1.29 is 14.3 Å². The highest BCUT2D eigenvalue weighted by Gasteiger charge is 2.23. The molecule has 1 aromatic heterocycles. The van der Waals surface area contributed by atoms with E-state index in [1.165, 1.54) is 11.1 Å². The van der Waals surface area contributed by atoms with Crippen LogP contribution in [0.25, 0.3) is 0 Å². The molecular weight excluding hydrogens is 328 g/mol. The molecule has 0 saturated heterocycles. The van der Waals surface area contributed by atoms with Gasteiger partial charge in [0.05, 0.1) is 18.2 Å². The standard InChI is InChI=1S/C21H26N2O3/c1-4-26-21(25)18-12-14(2)23(15(18)3)13-20(24)22-19-11-7-9-16-8-5-6-10-17(16)19/h5-6,8,10,12,19H,4,7,9,11,13H2,1-3H3,(H,22,24)/t19-/m1/s1. The summed E-state index contributed by atoms with van der Waals surface area (Å²) in [5.41, 5.74) is 4.72. The van der Waals surface area contributed by atoms with Crippen LogP contribution in [0.15, 0.2) is 30.3 Å². The molecule has 1 amide bonds. The van der Waals surface area contributed by atoms with Crippen LogP contribution in [0.1, 0.15) is 58.7 Å². The number of carbonyl (C=O) groups excluding carboxylic acids is 2. The van der Waals surface area contributed by atoms with Crippen LogP contribution in [0.5, 0.6) is 0 Å². The number of esters is 1. The number of hydrogen-bond donors (Lipinski definition) is 1. The van der Waals surface area contributed by atoms with Crippen molar-refractivity contribution in [3.05, 3.63) is 58.4 Å². The lowest BCUT2D eigenvalue weighted by Gasteiger charge is -2.26. The van der Waals surface area contributed by atoms with Crippen molar-refractivity contribution in [2.75, 3.05) is 6.61 Å². The topological polar surface area (TPSA) is 60.3 Å². The highest BCUT2D eigenvalue weighted by Crippen LogP contribution is 2.29. The van der Waals surface area contributed by atoms with E-state index >= 15 is 0 Å². The van der Waals surface area contributed by atoms with Crippen LogP contribution < -0.4 is 5.32 Å². The summed E-state index contributed by atoms with van der Waals surface area (Å²) >= 11 is 0. The number of benzene rings is 1. The van der Waals surface area contributed by atoms with Crippen LogP contribution in [0.2, 0.25) is 0 Å². The molecule has 0 saturated carbocycles. The Kier molecular flexibility index (Phi) is 5.45. The first-order chi connectivity index (χ1) is 12.5. The Morgan fingerprint density at radius 1 is 1.27 bits per heavy atom. The normalized spacial score (nSPS) is 16.0. The fraction of sp³-hybridized carbons (Fsp3) is 0.429. The third-order valence-corrected chi connectivity index (χ3v) is 5.08. The van der Waals surface area contributed by atoms with Gasteiger partial charge >= 0.3 is 5.97 Å². The van der Waals surface area contributed by atoms with Crippen molar-refractivity contribution in [3.8, 4) is 0 Å². The van der Waals surface area contributed by atoms with Crippen molar-refractivity contribution in [2.45, 2.75) is 52.6 Å². The minimum absolute atomic E-state index is 0.0380. The molecule has 5 heteroatoms. The summed E-state index contributed by atoms with van der Waals surface area (Å²) < 4.78 is 6.96. The van der Waals surface area contributed by atoms with Crippen LogP contribution in [0.3, 0.4) is 0 Å². The van der Waals surface area contributed by atoms with Gasteiger partial charge < -0.3 is 14.6 Å². The number of rotatable bonds is 5. The number of aryl methyl sites for hydroxylation is 2. The van der Waals surface area contributed by atoms with E-state index in [4.69, 9.17) is 4.74 Å². The summed E-state index contributed by atoms with van der Waals surface area (Å²) in [4.78, 5) is 24.7. The van der Waals surface area contributed by atoms with Gasteiger partial charge in [-0.3, -0.25) is 4.79 Å². The van der Waals surface area contributed by atoms with Gasteiger partial charge in [0.15, 0.2) is 0 Å². The van der Waals surface area contributed by atoms with Gasteiger partial charge in [0.25, 0.3) is 0 Å². The van der Waals surface area contributed by atoms with Crippen LogP contribution in [-0.4, -0.2) is 23.1 Å². The molecule has 2 aromatic rings. The number of aromatic nitrogens is 1. The first-order valence-electron chi connectivity index (χ1n) is 9.22. The van der Waals surface area contributed by atoms with E-state index in [1.807, 2.05) is 30.5 Å². The van der Waals surface area contributed by atoms with E-state index < -0.39 is 0 Å². The Labute approximate surface area is 154 Å². The first-order valence-corrected chi connectivity index (χ1v) is 9.22. The second-order valence-corrected chi connectivity index (χ2v) is 6.80. The van der Waals surface area contributed by atoms with Crippen LogP contribution in [-0.2, 0) is 22.5 Å². The molecular formula is C21H26N2O3. The maximum absolute atomic E-state index is 12.7. The van der Waals surface area contributed by atoms with Crippen LogP contribution in [0.4, 0.5) is 0 Å². The molecule has 0 unspecified atom stereocenters. The summed E-state index contributed by atoms with van der Waals surface area (Å²) in [6, 6.07) is 10.2. The van der Waals surface area contributed by atoms with Crippen molar-refractivity contribution >= 4 is 11.9 Å². The monoisotopic (exact) mass is 354 g/mol. The molecule has 3 rings (SSSR count). The minimum Gasteiger partial charge on any atom is -0.462 e. The van der Waals surface area contributed by atoms with Gasteiger partial charge in [0, 0.05) is 11.4 Å². The summed E-state index contributed by atoms with van der Waals surface area (Å²) in [7, 11) is 0. The summed E-state index contributed by atoms with van der Waals surface area (Å²) in [5, 5.41) is 3.17. The molecule has 5 nitrogen and oxygen atoms in total. The number of ether oxygens (including phenoxy) is 1. The van der Waals surface area contributed by atoms with Gasteiger partial charge in [-0.15, -0.1) is 0 Å². The molecule has 0 spiro atoms. The number of amides is 1. The third kappa shape index (κ3) is 3.66. The molecule has 1 aliphatic rings. The lowest BCUT2D eigenvalue weighted by Crippen LogP contribution is -2.33. The average Bonchev–Trinajstić information content (AvgIpc) is 2.90. The molecule has 0 fully saturated rings. The largest absolute Gasteiger partial charge is 0.462 e. The zero-order chi connectivity index (χ0) is 18.7. The second-order valence-electron chi connectivity index (χ2n) is 6.80. The van der Waals surface area contributed by atoms with Gasteiger partial charge in [0.2, 0.25) is 5.91 Å². The quantitative estimate of drug-likeness (QED) is 0.836. The number of hydrogen-bond acceptors (Lipinski definition) is 3. The molecule has 0 aliphatic heterocycles. The maximum atomic E-state index is 12.7. The molecule has 26 heavy (non-hydrogen) atoms. The maximum Gasteiger partial charge on any atom is 0.339 e. The van der Waals surface area contributed by atoms with E-state index in [0.29, 0.717) is 12.2 Å². The Balaban J connectivity index is 1.73. The number of carbonyl (C=O) groups is 2. The van der Waals surface area contributed by atoms with Gasteiger partial charge in [-0.25, -0.2) is 4.79 Å². The number of fused-ring (bicyclic) bond motifs is 1. The predicted octanol–water partition coefficient (Wildman–Crippen LogP) is 3.48. The summed E-state index contributed by atoms with van der Waals surface area (Å²) in [5.74, 6) is -0.377. The molecule has 1 N–H and O–H groups in total. The number of nitrogens with zero attached hydrogens (tertiary/aromatic N) is 1. The Bertz CT molecular complexity index is 823. The van der Waals surface area contributed by atoms with Gasteiger partial charge in [0.1, 0.15) is 6.54 Å². The summed E-state index contributed by atoms with van der Waals surface area (Å²) in [6.07, 6.45) is 3.11. The summed E-state index contributed by atoms with van der Waals surface area (Å²) in [6.45, 7) is 6.08. The molecule has 138 valence electrons. The Morgan fingerprint density at radius 3 is 2.81 bits per heavy atom. The van der Waals surface area contributed by atoms with Gasteiger partial charge in [-0.1, -0.05) is 24.3 Å². The molecule has 1 heterocycles. The Morgan fingerprint density at radius 2 is 2.04 bits per heavy atom. The molecule has 0 bridgehead atoms. The zero-order valence-corrected chi connectivity index (χ0v) is 15.7. The van der Waals surface area contributed by atoms with E-state index in [9.17, 15) is 9.59 Å². The van der Waals surface area contributed by atoms with Crippen LogP contribution in [0, 0.1) is 13.8 Å². The average molecular weight is 354 g/mol. The zero-order valence-electron chi connectivity index (χ0n) is 15.7. The van der Waals surface area contributed by atoms with Gasteiger partial charge in [-0.2, -0.15) is 0 Å². The fourth-order valence-corrected chi connectivity index (χ4v) is 3.75. The van der Waals surface area contributed by atoms with E-state index in [1.54, 1.807) is 13.0 Å². The third-order valence-electron chi connectivity index (χ3n) is 5.08. The van der Waals surface area contributed by atoms with Crippen LogP contribution >= 0.6 is 0 Å². The molecule has 0 radical (unpaired) electrons. The highest BCUT2D eigenvalue weighted by atomic mass is 16.5. The van der Waals surface area contributed by atoms with Crippen molar-refractivity contribution in [1.29, 1.82) is 0 Å². The van der Waals surface area contributed by atoms with E-state index in [-0.39, 0.29) is 24.5 Å². The molecule has 1 aliphatic carbocycles. The van der Waals surface area contributed by atoms with Crippen molar-refractivity contribution in [3.63, 3.8) is 0 Å². The van der Waals surface area contributed by atoms with Crippen molar-refractivity contribution in [2.24, 2.45) is 0 Å². The predicted molar refractivity (Wildman–Crippen MR) is 100 cm³/mol. The second kappa shape index (κ2) is 7.77. The lowest BCUT2D eigenvalue weighted by molar-refractivity contribution is -0.122. The minimum atomic E-state index is -0.339. The highest BCUT2D eigenvalue weighted by molar-refractivity contribution is 5.91. The molecule has 1 aromatic carbocycles. The number of nitrogens with one attached hydrogen (secondary N) is 1. The van der Waals surface area contributed by atoms with E-state index in [0.717, 1.165) is 30.7 Å².